The Balaban J connectivity index is 0.00000450. The third-order valence-electron chi connectivity index (χ3n) is 4.44. The van der Waals surface area contributed by atoms with Crippen LogP contribution in [-0.2, 0) is 22.6 Å². The minimum Gasteiger partial charge on any atom is -0.375 e. The second-order valence-electron chi connectivity index (χ2n) is 7.15. The molecule has 1 heterocycles. The van der Waals surface area contributed by atoms with Crippen LogP contribution in [0, 0.1) is 5.92 Å². The van der Waals surface area contributed by atoms with Crippen molar-refractivity contribution in [3.63, 3.8) is 0 Å². The summed E-state index contributed by atoms with van der Waals surface area (Å²) in [6.45, 7) is 7.04. The molecule has 166 valence electrons. The fourth-order valence-corrected chi connectivity index (χ4v) is 3.40. The molecular weight excluding hydrogens is 513 g/mol. The first-order valence-corrected chi connectivity index (χ1v) is 10.5. The topological polar surface area (TPSA) is 78.9 Å². The lowest BCUT2D eigenvalue weighted by Crippen LogP contribution is -2.38. The Morgan fingerprint density at radius 1 is 1.27 bits per heavy atom. The number of thiazole rings is 1. The number of nitrogens with zero attached hydrogens (tertiary/aromatic N) is 3. The van der Waals surface area contributed by atoms with Crippen molar-refractivity contribution in [2.75, 3.05) is 26.5 Å². The molecule has 9 heteroatoms. The smallest absolute Gasteiger partial charge is 0.226 e. The molecule has 2 aromatic rings. The maximum absolute atomic E-state index is 11.8. The third-order valence-corrected chi connectivity index (χ3v) is 5.49. The average Bonchev–Trinajstić information content (AvgIpc) is 3.17. The van der Waals surface area contributed by atoms with E-state index in [9.17, 15) is 4.79 Å². The SMILES string of the molecule is CN=C(NCc1ccc(NC(=O)C(C)C)cc1)N(C)Cc1csc(C(C)OC)n1.I. The van der Waals surface area contributed by atoms with Crippen LogP contribution in [0.1, 0.15) is 43.1 Å². The summed E-state index contributed by atoms with van der Waals surface area (Å²) in [6.07, 6.45) is 0.00443. The maximum atomic E-state index is 11.8. The van der Waals surface area contributed by atoms with Crippen molar-refractivity contribution in [1.29, 1.82) is 0 Å². The highest BCUT2D eigenvalue weighted by atomic mass is 127. The van der Waals surface area contributed by atoms with Crippen molar-refractivity contribution in [1.82, 2.24) is 15.2 Å². The van der Waals surface area contributed by atoms with Crippen molar-refractivity contribution in [2.24, 2.45) is 10.9 Å². The lowest BCUT2D eigenvalue weighted by Gasteiger charge is -2.21. The molecule has 0 bridgehead atoms. The first-order chi connectivity index (χ1) is 13.8. The van der Waals surface area contributed by atoms with E-state index in [-0.39, 0.29) is 41.9 Å². The third kappa shape index (κ3) is 7.84. The van der Waals surface area contributed by atoms with Gasteiger partial charge >= 0.3 is 0 Å². The van der Waals surface area contributed by atoms with E-state index >= 15 is 0 Å². The molecule has 7 nitrogen and oxygen atoms in total. The number of carbonyl (C=O) groups is 1. The van der Waals surface area contributed by atoms with Crippen molar-refractivity contribution >= 4 is 52.9 Å². The van der Waals surface area contributed by atoms with E-state index in [0.29, 0.717) is 13.1 Å². The van der Waals surface area contributed by atoms with Crippen LogP contribution in [0.5, 0.6) is 0 Å². The number of amides is 1. The number of hydrogen-bond donors (Lipinski definition) is 2. The fourth-order valence-electron chi connectivity index (χ4n) is 2.56. The number of carbonyl (C=O) groups excluding carboxylic acids is 1. The van der Waals surface area contributed by atoms with Gasteiger partial charge in [-0.2, -0.15) is 0 Å². The van der Waals surface area contributed by atoms with Gasteiger partial charge in [-0.05, 0) is 24.6 Å². The van der Waals surface area contributed by atoms with E-state index < -0.39 is 0 Å². The molecule has 0 radical (unpaired) electrons. The molecule has 0 aliphatic rings. The summed E-state index contributed by atoms with van der Waals surface area (Å²) in [4.78, 5) is 22.8. The van der Waals surface area contributed by atoms with E-state index in [2.05, 4.69) is 26.0 Å². The normalized spacial score (nSPS) is 12.3. The van der Waals surface area contributed by atoms with Crippen LogP contribution in [0.15, 0.2) is 34.6 Å². The molecule has 1 aromatic carbocycles. The summed E-state index contributed by atoms with van der Waals surface area (Å²) in [5.74, 6) is 0.765. The van der Waals surface area contributed by atoms with E-state index in [1.54, 1.807) is 25.5 Å². The summed E-state index contributed by atoms with van der Waals surface area (Å²) in [6, 6.07) is 7.82. The summed E-state index contributed by atoms with van der Waals surface area (Å²) >= 11 is 1.61. The molecule has 30 heavy (non-hydrogen) atoms. The predicted molar refractivity (Wildman–Crippen MR) is 135 cm³/mol. The number of ether oxygens (including phenoxy) is 1. The molecular formula is C21H32IN5O2S. The number of rotatable bonds is 8. The van der Waals surface area contributed by atoms with Gasteiger partial charge in [0.25, 0.3) is 0 Å². The van der Waals surface area contributed by atoms with Gasteiger partial charge in [-0.15, -0.1) is 35.3 Å². The Labute approximate surface area is 200 Å². The van der Waals surface area contributed by atoms with E-state index in [1.165, 1.54) is 0 Å². The van der Waals surface area contributed by atoms with E-state index in [1.807, 2.05) is 57.0 Å². The number of halogens is 1. The van der Waals surface area contributed by atoms with Crippen molar-refractivity contribution in [2.45, 2.75) is 40.0 Å². The van der Waals surface area contributed by atoms with Gasteiger partial charge in [0.2, 0.25) is 5.91 Å². The Morgan fingerprint density at radius 3 is 2.50 bits per heavy atom. The summed E-state index contributed by atoms with van der Waals surface area (Å²) < 4.78 is 5.33. The first-order valence-electron chi connectivity index (χ1n) is 9.62. The van der Waals surface area contributed by atoms with Gasteiger partial charge in [0.1, 0.15) is 11.1 Å². The van der Waals surface area contributed by atoms with Crippen molar-refractivity contribution in [3.05, 3.63) is 45.9 Å². The van der Waals surface area contributed by atoms with Crippen LogP contribution in [0.3, 0.4) is 0 Å². The van der Waals surface area contributed by atoms with Crippen LogP contribution in [0.2, 0.25) is 0 Å². The van der Waals surface area contributed by atoms with Gasteiger partial charge in [-0.3, -0.25) is 9.79 Å². The van der Waals surface area contributed by atoms with Crippen LogP contribution >= 0.6 is 35.3 Å². The summed E-state index contributed by atoms with van der Waals surface area (Å²) in [7, 11) is 5.44. The number of anilines is 1. The number of guanidine groups is 1. The van der Waals surface area contributed by atoms with Crippen LogP contribution < -0.4 is 10.6 Å². The van der Waals surface area contributed by atoms with Crippen molar-refractivity contribution in [3.8, 4) is 0 Å². The zero-order valence-electron chi connectivity index (χ0n) is 18.4. The van der Waals surface area contributed by atoms with E-state index in [0.717, 1.165) is 27.9 Å². The highest BCUT2D eigenvalue weighted by Crippen LogP contribution is 2.21. The van der Waals surface area contributed by atoms with E-state index in [4.69, 9.17) is 4.74 Å². The lowest BCUT2D eigenvalue weighted by molar-refractivity contribution is -0.118. The molecule has 0 saturated carbocycles. The minimum absolute atomic E-state index is 0. The molecule has 1 unspecified atom stereocenters. The Hall–Kier alpha value is -1.72. The number of methoxy groups -OCH3 is 1. The molecule has 1 amide bonds. The molecule has 1 aromatic heterocycles. The maximum Gasteiger partial charge on any atom is 0.226 e. The van der Waals surface area contributed by atoms with Gasteiger partial charge in [-0.25, -0.2) is 4.98 Å². The Morgan fingerprint density at radius 2 is 1.93 bits per heavy atom. The molecule has 0 aliphatic heterocycles. The molecule has 1 atom stereocenters. The fraction of sp³-hybridized carbons (Fsp3) is 0.476. The molecule has 2 rings (SSSR count). The number of hydrogen-bond acceptors (Lipinski definition) is 5. The molecule has 0 spiro atoms. The zero-order valence-corrected chi connectivity index (χ0v) is 21.6. The molecule has 2 N–H and O–H groups in total. The quantitative estimate of drug-likeness (QED) is 0.294. The zero-order chi connectivity index (χ0) is 21.4. The second kappa shape index (κ2) is 12.9. The standard InChI is InChI=1S/C21H31N5O2S.HI/c1-14(2)19(27)24-17-9-7-16(8-10-17)11-23-21(22-4)26(5)12-18-13-29-20(25-18)15(3)28-6;/h7-10,13-15H,11-12H2,1-6H3,(H,22,23)(H,24,27);1H. The van der Waals surface area contributed by atoms with Gasteiger partial charge in [-0.1, -0.05) is 26.0 Å². The first kappa shape index (κ1) is 26.3. The number of benzene rings is 1. The lowest BCUT2D eigenvalue weighted by atomic mass is 10.1. The Bertz CT molecular complexity index is 823. The van der Waals surface area contributed by atoms with Crippen LogP contribution in [-0.4, -0.2) is 43.0 Å². The Kier molecular flexibility index (Phi) is 11.3. The second-order valence-corrected chi connectivity index (χ2v) is 8.04. The van der Waals surface area contributed by atoms with Crippen LogP contribution in [0.4, 0.5) is 5.69 Å². The number of aromatic nitrogens is 1. The number of aliphatic imine (C=N–C) groups is 1. The largest absolute Gasteiger partial charge is 0.375 e. The van der Waals surface area contributed by atoms with Crippen LogP contribution in [0.25, 0.3) is 0 Å². The predicted octanol–water partition coefficient (Wildman–Crippen LogP) is 4.27. The van der Waals surface area contributed by atoms with Gasteiger partial charge in [0.05, 0.1) is 12.2 Å². The van der Waals surface area contributed by atoms with Gasteiger partial charge < -0.3 is 20.3 Å². The summed E-state index contributed by atoms with van der Waals surface area (Å²) in [5.41, 5.74) is 2.90. The highest BCUT2D eigenvalue weighted by molar-refractivity contribution is 14.0. The number of nitrogens with one attached hydrogen (secondary N) is 2. The van der Waals surface area contributed by atoms with Gasteiger partial charge in [0.15, 0.2) is 5.96 Å². The van der Waals surface area contributed by atoms with Crippen molar-refractivity contribution < 1.29 is 9.53 Å². The molecule has 0 saturated heterocycles. The molecule has 0 fully saturated rings. The highest BCUT2D eigenvalue weighted by Gasteiger charge is 2.13. The minimum atomic E-state index is -0.0401. The monoisotopic (exact) mass is 545 g/mol. The summed E-state index contributed by atoms with van der Waals surface area (Å²) in [5, 5.41) is 9.29. The average molecular weight is 545 g/mol. The van der Waals surface area contributed by atoms with Gasteiger partial charge in [0, 0.05) is 44.7 Å². The molecule has 0 aliphatic carbocycles.